The topological polar surface area (TPSA) is 40.5 Å². The van der Waals surface area contributed by atoms with Crippen molar-refractivity contribution in [2.24, 2.45) is 0 Å². The largest absolute Gasteiger partial charge is 0.386 e. The molecule has 2 rings (SSSR count). The maximum atomic E-state index is 13.3. The van der Waals surface area contributed by atoms with E-state index in [4.69, 9.17) is 0 Å². The standard InChI is InChI=1S/C12H13F2NO2S/c1-12(17)6-15(7-12)11(16)5-18-10-3-2-8(13)4-9(10)14/h2-4,17H,5-7H2,1H3. The molecule has 0 saturated carbocycles. The van der Waals surface area contributed by atoms with E-state index in [2.05, 4.69) is 0 Å². The molecule has 0 unspecified atom stereocenters. The lowest BCUT2D eigenvalue weighted by Gasteiger charge is -2.44. The molecule has 0 bridgehead atoms. The van der Waals surface area contributed by atoms with Gasteiger partial charge >= 0.3 is 0 Å². The lowest BCUT2D eigenvalue weighted by Crippen LogP contribution is -2.62. The minimum absolute atomic E-state index is 0.0820. The third kappa shape index (κ3) is 3.00. The van der Waals surface area contributed by atoms with Crippen molar-refractivity contribution >= 4 is 17.7 Å². The minimum atomic E-state index is -0.804. The van der Waals surface area contributed by atoms with Crippen LogP contribution in [0.4, 0.5) is 8.78 Å². The lowest BCUT2D eigenvalue weighted by atomic mass is 9.97. The number of amides is 1. The number of likely N-dealkylation sites (tertiary alicyclic amines) is 1. The van der Waals surface area contributed by atoms with Crippen LogP contribution < -0.4 is 0 Å². The van der Waals surface area contributed by atoms with Gasteiger partial charge in [0.25, 0.3) is 0 Å². The normalized spacial score (nSPS) is 17.4. The molecule has 0 spiro atoms. The average molecular weight is 273 g/mol. The summed E-state index contributed by atoms with van der Waals surface area (Å²) in [6.07, 6.45) is 0. The second-order valence-electron chi connectivity index (χ2n) is 4.61. The molecule has 1 aromatic carbocycles. The van der Waals surface area contributed by atoms with Crippen LogP contribution >= 0.6 is 11.8 Å². The van der Waals surface area contributed by atoms with Gasteiger partial charge in [-0.3, -0.25) is 4.79 Å². The number of carbonyl (C=O) groups is 1. The van der Waals surface area contributed by atoms with Crippen LogP contribution in [-0.2, 0) is 4.79 Å². The van der Waals surface area contributed by atoms with Gasteiger partial charge in [0.05, 0.1) is 24.4 Å². The molecule has 1 fully saturated rings. The first-order valence-corrected chi connectivity index (χ1v) is 6.44. The zero-order chi connectivity index (χ0) is 13.3. The highest BCUT2D eigenvalue weighted by Crippen LogP contribution is 2.25. The Bertz CT molecular complexity index is 471. The van der Waals surface area contributed by atoms with Gasteiger partial charge in [-0.05, 0) is 19.1 Å². The molecule has 1 aromatic rings. The quantitative estimate of drug-likeness (QED) is 0.851. The van der Waals surface area contributed by atoms with Crippen LogP contribution in [-0.4, -0.2) is 40.4 Å². The van der Waals surface area contributed by atoms with Gasteiger partial charge < -0.3 is 10.0 Å². The van der Waals surface area contributed by atoms with Crippen molar-refractivity contribution in [2.75, 3.05) is 18.8 Å². The number of thioether (sulfide) groups is 1. The van der Waals surface area contributed by atoms with E-state index in [0.29, 0.717) is 13.1 Å². The van der Waals surface area contributed by atoms with Crippen molar-refractivity contribution in [1.82, 2.24) is 4.90 Å². The number of hydrogen-bond acceptors (Lipinski definition) is 3. The highest BCUT2D eigenvalue weighted by Gasteiger charge is 2.39. The molecule has 1 aliphatic rings. The second kappa shape index (κ2) is 4.85. The summed E-state index contributed by atoms with van der Waals surface area (Å²) in [5.74, 6) is -1.38. The molecule has 0 atom stereocenters. The summed E-state index contributed by atoms with van der Waals surface area (Å²) < 4.78 is 26.0. The molecule has 1 aliphatic heterocycles. The Hall–Kier alpha value is -1.14. The summed E-state index contributed by atoms with van der Waals surface area (Å²) in [6.45, 7) is 2.26. The Kier molecular flexibility index (Phi) is 3.59. The Morgan fingerprint density at radius 1 is 1.50 bits per heavy atom. The highest BCUT2D eigenvalue weighted by molar-refractivity contribution is 8.00. The van der Waals surface area contributed by atoms with Crippen molar-refractivity contribution in [3.05, 3.63) is 29.8 Å². The number of aliphatic hydroxyl groups is 1. The Morgan fingerprint density at radius 3 is 2.72 bits per heavy atom. The third-order valence-corrected chi connectivity index (χ3v) is 3.69. The van der Waals surface area contributed by atoms with Gasteiger partial charge in [-0.2, -0.15) is 0 Å². The van der Waals surface area contributed by atoms with Crippen LogP contribution in [0, 0.1) is 11.6 Å². The number of halogens is 2. The number of carbonyl (C=O) groups excluding carboxylic acids is 1. The van der Waals surface area contributed by atoms with E-state index < -0.39 is 17.2 Å². The van der Waals surface area contributed by atoms with Gasteiger partial charge in [0, 0.05) is 11.0 Å². The molecule has 0 aliphatic carbocycles. The zero-order valence-electron chi connectivity index (χ0n) is 9.82. The van der Waals surface area contributed by atoms with Gasteiger partial charge in [-0.25, -0.2) is 8.78 Å². The third-order valence-electron chi connectivity index (χ3n) is 2.66. The molecular formula is C12H13F2NO2S. The summed E-state index contributed by atoms with van der Waals surface area (Å²) in [5, 5.41) is 9.49. The number of β-amino-alcohol motifs (C(OH)–C–C–N with tert-alkyl or cyclic N) is 1. The van der Waals surface area contributed by atoms with Gasteiger partial charge in [-0.1, -0.05) is 0 Å². The summed E-state index contributed by atoms with van der Waals surface area (Å²) in [5.41, 5.74) is -0.804. The van der Waals surface area contributed by atoms with Crippen LogP contribution in [0.15, 0.2) is 23.1 Å². The monoisotopic (exact) mass is 273 g/mol. The van der Waals surface area contributed by atoms with Gasteiger partial charge in [0.15, 0.2) is 0 Å². The molecule has 1 heterocycles. The molecular weight excluding hydrogens is 260 g/mol. The van der Waals surface area contributed by atoms with E-state index in [1.165, 1.54) is 11.0 Å². The summed E-state index contributed by atoms with van der Waals surface area (Å²) in [7, 11) is 0. The van der Waals surface area contributed by atoms with Crippen molar-refractivity contribution in [3.8, 4) is 0 Å². The van der Waals surface area contributed by atoms with E-state index in [1.54, 1.807) is 6.92 Å². The summed E-state index contributed by atoms with van der Waals surface area (Å²) in [6, 6.07) is 3.26. The molecule has 98 valence electrons. The second-order valence-corrected chi connectivity index (χ2v) is 5.63. The predicted molar refractivity (Wildman–Crippen MR) is 64.3 cm³/mol. The number of benzene rings is 1. The highest BCUT2D eigenvalue weighted by atomic mass is 32.2. The number of nitrogens with zero attached hydrogens (tertiary/aromatic N) is 1. The summed E-state index contributed by atoms with van der Waals surface area (Å²) in [4.78, 5) is 13.4. The molecule has 0 radical (unpaired) electrons. The molecule has 6 heteroatoms. The van der Waals surface area contributed by atoms with Crippen LogP contribution in [0.5, 0.6) is 0 Å². The zero-order valence-corrected chi connectivity index (χ0v) is 10.6. The first kappa shape index (κ1) is 13.3. The van der Waals surface area contributed by atoms with Crippen molar-refractivity contribution in [1.29, 1.82) is 0 Å². The molecule has 1 saturated heterocycles. The van der Waals surface area contributed by atoms with Gasteiger partial charge in [0.1, 0.15) is 11.6 Å². The lowest BCUT2D eigenvalue weighted by molar-refractivity contribution is -0.149. The molecule has 0 aromatic heterocycles. The van der Waals surface area contributed by atoms with Crippen molar-refractivity contribution in [2.45, 2.75) is 17.4 Å². The van der Waals surface area contributed by atoms with Gasteiger partial charge in [-0.15, -0.1) is 11.8 Å². The van der Waals surface area contributed by atoms with Crippen LogP contribution in [0.2, 0.25) is 0 Å². The summed E-state index contributed by atoms with van der Waals surface area (Å²) >= 11 is 1.03. The first-order chi connectivity index (χ1) is 8.37. The molecule has 3 nitrogen and oxygen atoms in total. The SMILES string of the molecule is CC1(O)CN(C(=O)CSc2ccc(F)cc2F)C1. The maximum absolute atomic E-state index is 13.3. The van der Waals surface area contributed by atoms with E-state index >= 15 is 0 Å². The van der Waals surface area contributed by atoms with E-state index in [9.17, 15) is 18.7 Å². The number of hydrogen-bond donors (Lipinski definition) is 1. The van der Waals surface area contributed by atoms with Crippen LogP contribution in [0.3, 0.4) is 0 Å². The van der Waals surface area contributed by atoms with Gasteiger partial charge in [0.2, 0.25) is 5.91 Å². The van der Waals surface area contributed by atoms with E-state index in [1.807, 2.05) is 0 Å². The maximum Gasteiger partial charge on any atom is 0.233 e. The average Bonchev–Trinajstić information content (AvgIpc) is 2.24. The van der Waals surface area contributed by atoms with Crippen LogP contribution in [0.25, 0.3) is 0 Å². The fourth-order valence-corrected chi connectivity index (χ4v) is 2.60. The Labute approximate surface area is 108 Å². The van der Waals surface area contributed by atoms with E-state index in [0.717, 1.165) is 23.9 Å². The van der Waals surface area contributed by atoms with Crippen molar-refractivity contribution in [3.63, 3.8) is 0 Å². The van der Waals surface area contributed by atoms with Crippen molar-refractivity contribution < 1.29 is 18.7 Å². The fourth-order valence-electron chi connectivity index (χ4n) is 1.78. The molecule has 1 amide bonds. The Morgan fingerprint density at radius 2 is 2.17 bits per heavy atom. The van der Waals surface area contributed by atoms with E-state index in [-0.39, 0.29) is 16.6 Å². The fraction of sp³-hybridized carbons (Fsp3) is 0.417. The minimum Gasteiger partial charge on any atom is -0.386 e. The predicted octanol–water partition coefficient (Wildman–Crippen LogP) is 1.65. The first-order valence-electron chi connectivity index (χ1n) is 5.45. The molecule has 1 N–H and O–H groups in total. The molecule has 18 heavy (non-hydrogen) atoms. The smallest absolute Gasteiger partial charge is 0.233 e. The Balaban J connectivity index is 1.86. The number of rotatable bonds is 3. The van der Waals surface area contributed by atoms with Crippen LogP contribution in [0.1, 0.15) is 6.92 Å².